The smallest absolute Gasteiger partial charge is 0.361 e. The molecule has 0 spiro atoms. The highest BCUT2D eigenvalue weighted by atomic mass is 19.4. The van der Waals surface area contributed by atoms with Crippen molar-refractivity contribution in [2.45, 2.75) is 33.1 Å². The highest BCUT2D eigenvalue weighted by Crippen LogP contribution is 2.32. The van der Waals surface area contributed by atoms with E-state index in [-0.39, 0.29) is 30.2 Å². The van der Waals surface area contributed by atoms with E-state index in [1.54, 1.807) is 24.9 Å². The van der Waals surface area contributed by atoms with Gasteiger partial charge in [0.15, 0.2) is 11.5 Å². The minimum absolute atomic E-state index is 0.0644. The number of hydrogen-bond donors (Lipinski definition) is 1. The van der Waals surface area contributed by atoms with Crippen LogP contribution in [0, 0.1) is 13.8 Å². The molecule has 0 aliphatic carbocycles. The van der Waals surface area contributed by atoms with E-state index in [9.17, 15) is 22.8 Å². The molecule has 0 atom stereocenters. The van der Waals surface area contributed by atoms with Crippen molar-refractivity contribution in [2.24, 2.45) is 0 Å². The number of anilines is 2. The molecule has 1 aliphatic heterocycles. The average Bonchev–Trinajstić information content (AvgIpc) is 3.36. The van der Waals surface area contributed by atoms with Gasteiger partial charge < -0.3 is 19.3 Å². The van der Waals surface area contributed by atoms with Crippen molar-refractivity contribution in [1.29, 1.82) is 0 Å². The molecule has 0 bridgehead atoms. The first-order valence-electron chi connectivity index (χ1n) is 10.0. The number of aryl methyl sites for hydroxylation is 2. The molecule has 0 saturated carbocycles. The molecule has 1 aliphatic rings. The molecule has 0 radical (unpaired) electrons. The molecule has 10 nitrogen and oxygen atoms in total. The maximum atomic E-state index is 13.2. The van der Waals surface area contributed by atoms with E-state index in [1.807, 2.05) is 0 Å². The van der Waals surface area contributed by atoms with Crippen LogP contribution >= 0.6 is 0 Å². The Hall–Kier alpha value is -4.16. The van der Waals surface area contributed by atoms with E-state index in [2.05, 4.69) is 27.0 Å². The summed E-state index contributed by atoms with van der Waals surface area (Å²) in [5, 5.41) is 6.23. The monoisotopic (exact) mass is 475 g/mol. The number of fused-ring (bicyclic) bond motifs is 1. The lowest BCUT2D eigenvalue weighted by Gasteiger charge is -2.35. The lowest BCUT2D eigenvalue weighted by atomic mass is 10.2. The Labute approximate surface area is 191 Å². The summed E-state index contributed by atoms with van der Waals surface area (Å²) in [6, 6.07) is 4.18. The van der Waals surface area contributed by atoms with Crippen LogP contribution in [0.1, 0.15) is 33.2 Å². The first-order valence-corrected chi connectivity index (χ1v) is 10.0. The minimum Gasteiger partial charge on any atom is -0.361 e. The van der Waals surface area contributed by atoms with Crippen molar-refractivity contribution in [3.05, 3.63) is 65.3 Å². The zero-order valence-corrected chi connectivity index (χ0v) is 18.5. The molecular weight excluding hydrogens is 455 g/mol. The molecule has 178 valence electrons. The molecular formula is C21H20F3N7O3. The van der Waals surface area contributed by atoms with Crippen molar-refractivity contribution >= 4 is 23.5 Å². The van der Waals surface area contributed by atoms with Gasteiger partial charge in [-0.1, -0.05) is 17.8 Å². The zero-order valence-electron chi connectivity index (χ0n) is 18.5. The van der Waals surface area contributed by atoms with Gasteiger partial charge in [0.1, 0.15) is 35.3 Å². The van der Waals surface area contributed by atoms with Gasteiger partial charge in [-0.25, -0.2) is 9.97 Å². The third kappa shape index (κ3) is 4.23. The number of imidazole rings is 1. The van der Waals surface area contributed by atoms with Crippen molar-refractivity contribution in [1.82, 2.24) is 24.6 Å². The number of carbonyl (C=O) groups excluding carboxylic acids is 2. The Bertz CT molecular complexity index is 1300. The number of nitrogens with one attached hydrogen (secondary N) is 1. The Morgan fingerprint density at radius 2 is 2.00 bits per heavy atom. The Kier molecular flexibility index (Phi) is 5.63. The summed E-state index contributed by atoms with van der Waals surface area (Å²) in [7, 11) is 1.67. The minimum atomic E-state index is -4.65. The Balaban J connectivity index is 1.55. The molecule has 4 rings (SSSR count). The van der Waals surface area contributed by atoms with Crippen LogP contribution in [0.15, 0.2) is 41.4 Å². The first-order chi connectivity index (χ1) is 16.0. The fourth-order valence-corrected chi connectivity index (χ4v) is 3.54. The summed E-state index contributed by atoms with van der Waals surface area (Å²) >= 11 is 0. The van der Waals surface area contributed by atoms with Gasteiger partial charge in [-0.05, 0) is 25.5 Å². The quantitative estimate of drug-likeness (QED) is 0.604. The van der Waals surface area contributed by atoms with Gasteiger partial charge in [0.25, 0.3) is 5.91 Å². The molecule has 0 aromatic carbocycles. The first kappa shape index (κ1) is 23.0. The van der Waals surface area contributed by atoms with Crippen LogP contribution in [0.5, 0.6) is 0 Å². The SMILES string of the molecule is C=C1N(Cc2cc(C)on2)C(=O)c2c(ncn2CC(=O)Nc2ccc(C)c(C(F)(F)F)n2)N1C. The number of pyridine rings is 1. The van der Waals surface area contributed by atoms with Gasteiger partial charge in [0, 0.05) is 13.1 Å². The molecule has 13 heteroatoms. The molecule has 1 N–H and O–H groups in total. The van der Waals surface area contributed by atoms with Crippen LogP contribution in [0.4, 0.5) is 24.8 Å². The second-order valence-corrected chi connectivity index (χ2v) is 7.75. The fourth-order valence-electron chi connectivity index (χ4n) is 3.54. The van der Waals surface area contributed by atoms with Crippen LogP contribution in [-0.4, -0.2) is 43.5 Å². The lowest BCUT2D eigenvalue weighted by molar-refractivity contribution is -0.141. The fraction of sp³-hybridized carbons (Fsp3) is 0.286. The van der Waals surface area contributed by atoms with E-state index < -0.39 is 23.7 Å². The third-order valence-electron chi connectivity index (χ3n) is 5.23. The molecule has 2 amide bonds. The second-order valence-electron chi connectivity index (χ2n) is 7.75. The zero-order chi connectivity index (χ0) is 24.8. The summed E-state index contributed by atoms with van der Waals surface area (Å²) in [4.78, 5) is 36.5. The number of aromatic nitrogens is 4. The van der Waals surface area contributed by atoms with Gasteiger partial charge in [-0.3, -0.25) is 14.5 Å². The molecule has 3 aromatic rings. The number of rotatable bonds is 5. The van der Waals surface area contributed by atoms with E-state index in [1.165, 1.54) is 34.9 Å². The standard InChI is InChI=1S/C21H20F3N7O3/c1-11-5-6-15(27-18(11)21(22,23)24)26-16(32)9-30-10-25-19-17(30)20(33)31(13(3)29(19)4)8-14-7-12(2)34-28-14/h5-7,10H,3,8-9H2,1-2,4H3,(H,26,27,32). The largest absolute Gasteiger partial charge is 0.433 e. The predicted octanol–water partition coefficient (Wildman–Crippen LogP) is 3.10. The number of nitrogens with zero attached hydrogens (tertiary/aromatic N) is 6. The van der Waals surface area contributed by atoms with Crippen LogP contribution in [0.3, 0.4) is 0 Å². The Morgan fingerprint density at radius 3 is 2.65 bits per heavy atom. The third-order valence-corrected chi connectivity index (χ3v) is 5.23. The van der Waals surface area contributed by atoms with Crippen molar-refractivity contribution in [2.75, 3.05) is 17.3 Å². The van der Waals surface area contributed by atoms with Gasteiger partial charge in [-0.15, -0.1) is 0 Å². The Morgan fingerprint density at radius 1 is 1.26 bits per heavy atom. The molecule has 0 unspecified atom stereocenters. The highest BCUT2D eigenvalue weighted by Gasteiger charge is 2.36. The predicted molar refractivity (Wildman–Crippen MR) is 113 cm³/mol. The van der Waals surface area contributed by atoms with Crippen LogP contribution in [-0.2, 0) is 24.1 Å². The number of carbonyl (C=O) groups is 2. The summed E-state index contributed by atoms with van der Waals surface area (Å²) in [6.07, 6.45) is -3.35. The average molecular weight is 475 g/mol. The summed E-state index contributed by atoms with van der Waals surface area (Å²) < 4.78 is 45.7. The number of hydrogen-bond acceptors (Lipinski definition) is 7. The summed E-state index contributed by atoms with van der Waals surface area (Å²) in [6.45, 7) is 6.65. The van der Waals surface area contributed by atoms with E-state index in [0.717, 1.165) is 0 Å². The number of alkyl halides is 3. The van der Waals surface area contributed by atoms with Crippen LogP contribution in [0.2, 0.25) is 0 Å². The number of amides is 2. The van der Waals surface area contributed by atoms with E-state index in [0.29, 0.717) is 23.1 Å². The summed E-state index contributed by atoms with van der Waals surface area (Å²) in [5.41, 5.74) is -0.513. The molecule has 0 fully saturated rings. The van der Waals surface area contributed by atoms with Crippen molar-refractivity contribution in [3.8, 4) is 0 Å². The van der Waals surface area contributed by atoms with Gasteiger partial charge in [0.05, 0.1) is 12.9 Å². The molecule has 4 heterocycles. The lowest BCUT2D eigenvalue weighted by Crippen LogP contribution is -2.43. The van der Waals surface area contributed by atoms with Crippen LogP contribution in [0.25, 0.3) is 0 Å². The maximum Gasteiger partial charge on any atom is 0.433 e. The van der Waals surface area contributed by atoms with Crippen LogP contribution < -0.4 is 10.2 Å². The number of halogens is 3. The molecule has 34 heavy (non-hydrogen) atoms. The van der Waals surface area contributed by atoms with Crippen molar-refractivity contribution < 1.29 is 27.3 Å². The topological polar surface area (TPSA) is 109 Å². The second kappa shape index (κ2) is 8.32. The molecule has 0 saturated heterocycles. The van der Waals surface area contributed by atoms with Gasteiger partial charge in [0.2, 0.25) is 5.91 Å². The van der Waals surface area contributed by atoms with E-state index in [4.69, 9.17) is 4.52 Å². The highest BCUT2D eigenvalue weighted by molar-refractivity contribution is 6.02. The normalized spacial score (nSPS) is 13.9. The van der Waals surface area contributed by atoms with Gasteiger partial charge in [-0.2, -0.15) is 13.2 Å². The maximum absolute atomic E-state index is 13.2. The summed E-state index contributed by atoms with van der Waals surface area (Å²) in [5.74, 6) is -0.157. The van der Waals surface area contributed by atoms with Crippen molar-refractivity contribution in [3.63, 3.8) is 0 Å². The van der Waals surface area contributed by atoms with E-state index >= 15 is 0 Å². The molecule has 3 aromatic heterocycles. The van der Waals surface area contributed by atoms with Gasteiger partial charge >= 0.3 is 6.18 Å².